The molecule has 1 aliphatic rings. The van der Waals surface area contributed by atoms with Crippen LogP contribution in [0.15, 0.2) is 36.0 Å². The van der Waals surface area contributed by atoms with E-state index in [1.54, 1.807) is 6.20 Å². The minimum absolute atomic E-state index is 0.0326. The van der Waals surface area contributed by atoms with E-state index >= 15 is 0 Å². The van der Waals surface area contributed by atoms with E-state index in [4.69, 9.17) is 0 Å². The van der Waals surface area contributed by atoms with Crippen LogP contribution in [0.5, 0.6) is 0 Å². The number of benzene rings is 1. The highest BCUT2D eigenvalue weighted by atomic mass is 16.6. The molecular weight excluding hydrogens is 296 g/mol. The van der Waals surface area contributed by atoms with Crippen molar-refractivity contribution in [1.82, 2.24) is 4.90 Å². The molecule has 1 aromatic rings. The van der Waals surface area contributed by atoms with Crippen molar-refractivity contribution in [2.24, 2.45) is 0 Å². The Morgan fingerprint density at radius 3 is 2.35 bits per heavy atom. The van der Waals surface area contributed by atoms with Crippen molar-refractivity contribution in [3.63, 3.8) is 0 Å². The van der Waals surface area contributed by atoms with Gasteiger partial charge in [-0.15, -0.1) is 0 Å². The van der Waals surface area contributed by atoms with Gasteiger partial charge in [-0.25, -0.2) is 0 Å². The second-order valence-corrected chi connectivity index (χ2v) is 5.36. The van der Waals surface area contributed by atoms with Crippen LogP contribution in [0.4, 0.5) is 11.4 Å². The number of nitro groups is 1. The largest absolute Gasteiger partial charge is 0.376 e. The van der Waals surface area contributed by atoms with E-state index in [9.17, 15) is 20.2 Å². The van der Waals surface area contributed by atoms with Gasteiger partial charge in [0.1, 0.15) is 11.6 Å². The Labute approximate surface area is 134 Å². The molecule has 1 amide bonds. The zero-order valence-corrected chi connectivity index (χ0v) is 12.7. The van der Waals surface area contributed by atoms with E-state index in [1.165, 1.54) is 37.1 Å². The smallest absolute Gasteiger partial charge is 0.269 e. The summed E-state index contributed by atoms with van der Waals surface area (Å²) in [4.78, 5) is 24.3. The predicted molar refractivity (Wildman–Crippen MR) is 85.5 cm³/mol. The van der Waals surface area contributed by atoms with E-state index < -0.39 is 10.8 Å². The molecule has 0 unspecified atom stereocenters. The Morgan fingerprint density at radius 2 is 1.83 bits per heavy atom. The minimum atomic E-state index is -0.509. The molecule has 7 heteroatoms. The number of likely N-dealkylation sites (tertiary alicyclic amines) is 1. The summed E-state index contributed by atoms with van der Waals surface area (Å²) >= 11 is 0. The van der Waals surface area contributed by atoms with Crippen molar-refractivity contribution < 1.29 is 9.72 Å². The fourth-order valence-electron chi connectivity index (χ4n) is 2.41. The molecule has 1 heterocycles. The lowest BCUT2D eigenvalue weighted by Crippen LogP contribution is -2.22. The SMILES string of the molecule is N#C/C(=C/N1CCCCCC1)C(=O)Nc1ccc([N+](=O)[O-])cc1. The molecule has 0 atom stereocenters. The second kappa shape index (κ2) is 7.94. The number of nitrogens with one attached hydrogen (secondary N) is 1. The molecule has 0 radical (unpaired) electrons. The molecule has 0 saturated carbocycles. The van der Waals surface area contributed by atoms with Gasteiger partial charge in [0, 0.05) is 37.1 Å². The van der Waals surface area contributed by atoms with Crippen LogP contribution in [0.25, 0.3) is 0 Å². The molecule has 120 valence electrons. The van der Waals surface area contributed by atoms with Crippen molar-refractivity contribution in [1.29, 1.82) is 5.26 Å². The number of anilines is 1. The van der Waals surface area contributed by atoms with Crippen molar-refractivity contribution >= 4 is 17.3 Å². The van der Waals surface area contributed by atoms with Crippen LogP contribution < -0.4 is 5.32 Å². The summed E-state index contributed by atoms with van der Waals surface area (Å²) in [6.07, 6.45) is 6.05. The molecule has 0 bridgehead atoms. The maximum absolute atomic E-state index is 12.2. The highest BCUT2D eigenvalue weighted by Crippen LogP contribution is 2.16. The first kappa shape index (κ1) is 16.5. The first-order valence-corrected chi connectivity index (χ1v) is 7.52. The maximum atomic E-state index is 12.2. The first-order chi connectivity index (χ1) is 11.1. The van der Waals surface area contributed by atoms with Crippen LogP contribution in [0.2, 0.25) is 0 Å². The average molecular weight is 314 g/mol. The van der Waals surface area contributed by atoms with Crippen LogP contribution in [0, 0.1) is 21.4 Å². The molecule has 2 rings (SSSR count). The average Bonchev–Trinajstić information content (AvgIpc) is 2.81. The van der Waals surface area contributed by atoms with Gasteiger partial charge in [-0.3, -0.25) is 14.9 Å². The van der Waals surface area contributed by atoms with Crippen molar-refractivity contribution in [3.05, 3.63) is 46.2 Å². The fraction of sp³-hybridized carbons (Fsp3) is 0.375. The number of nitriles is 1. The number of carbonyl (C=O) groups is 1. The van der Waals surface area contributed by atoms with Crippen LogP contribution in [-0.4, -0.2) is 28.8 Å². The summed E-state index contributed by atoms with van der Waals surface area (Å²) in [6.45, 7) is 1.69. The number of hydrogen-bond acceptors (Lipinski definition) is 5. The monoisotopic (exact) mass is 314 g/mol. The number of nitrogens with zero attached hydrogens (tertiary/aromatic N) is 3. The Kier molecular flexibility index (Phi) is 5.69. The van der Waals surface area contributed by atoms with Crippen molar-refractivity contribution in [3.8, 4) is 6.07 Å². The maximum Gasteiger partial charge on any atom is 0.269 e. The van der Waals surface area contributed by atoms with Crippen LogP contribution in [0.1, 0.15) is 25.7 Å². The molecule has 23 heavy (non-hydrogen) atoms. The molecule has 7 nitrogen and oxygen atoms in total. The Morgan fingerprint density at radius 1 is 1.22 bits per heavy atom. The number of hydrogen-bond donors (Lipinski definition) is 1. The van der Waals surface area contributed by atoms with Gasteiger partial charge in [-0.1, -0.05) is 12.8 Å². The molecule has 1 saturated heterocycles. The second-order valence-electron chi connectivity index (χ2n) is 5.36. The van der Waals surface area contributed by atoms with Crippen molar-refractivity contribution in [2.75, 3.05) is 18.4 Å². The van der Waals surface area contributed by atoms with Gasteiger partial charge in [0.2, 0.25) is 0 Å². The van der Waals surface area contributed by atoms with Crippen LogP contribution in [0.3, 0.4) is 0 Å². The number of non-ortho nitro benzene ring substituents is 1. The van der Waals surface area contributed by atoms with Gasteiger partial charge in [-0.05, 0) is 25.0 Å². The molecule has 1 aromatic carbocycles. The summed E-state index contributed by atoms with van der Waals surface area (Å²) in [5, 5.41) is 22.4. The van der Waals surface area contributed by atoms with E-state index in [1.807, 2.05) is 11.0 Å². The third-order valence-corrected chi connectivity index (χ3v) is 3.65. The number of carbonyl (C=O) groups excluding carboxylic acids is 1. The summed E-state index contributed by atoms with van der Waals surface area (Å²) in [6, 6.07) is 7.41. The van der Waals surface area contributed by atoms with Crippen LogP contribution in [-0.2, 0) is 4.79 Å². The lowest BCUT2D eigenvalue weighted by atomic mass is 10.2. The molecule has 1 fully saturated rings. The van der Waals surface area contributed by atoms with E-state index in [0.29, 0.717) is 5.69 Å². The zero-order chi connectivity index (χ0) is 16.7. The fourth-order valence-corrected chi connectivity index (χ4v) is 2.41. The summed E-state index contributed by atoms with van der Waals surface area (Å²) < 4.78 is 0. The van der Waals surface area contributed by atoms with Gasteiger partial charge in [-0.2, -0.15) is 5.26 Å². The molecule has 0 aliphatic carbocycles. The summed E-state index contributed by atoms with van der Waals surface area (Å²) in [7, 11) is 0. The normalized spacial score (nSPS) is 15.4. The van der Waals surface area contributed by atoms with Crippen LogP contribution >= 0.6 is 0 Å². The van der Waals surface area contributed by atoms with Crippen molar-refractivity contribution in [2.45, 2.75) is 25.7 Å². The van der Waals surface area contributed by atoms with E-state index in [2.05, 4.69) is 5.32 Å². The Balaban J connectivity index is 2.04. The first-order valence-electron chi connectivity index (χ1n) is 7.52. The molecular formula is C16H18N4O3. The highest BCUT2D eigenvalue weighted by Gasteiger charge is 2.13. The highest BCUT2D eigenvalue weighted by molar-refractivity contribution is 6.06. The lowest BCUT2D eigenvalue weighted by molar-refractivity contribution is -0.384. The quantitative estimate of drug-likeness (QED) is 0.399. The number of rotatable bonds is 4. The molecule has 1 N–H and O–H groups in total. The lowest BCUT2D eigenvalue weighted by Gasteiger charge is -2.17. The van der Waals surface area contributed by atoms with E-state index in [0.717, 1.165) is 25.9 Å². The van der Waals surface area contributed by atoms with Gasteiger partial charge in [0.05, 0.1) is 4.92 Å². The van der Waals surface area contributed by atoms with E-state index in [-0.39, 0.29) is 11.3 Å². The molecule has 1 aliphatic heterocycles. The Hall–Kier alpha value is -2.88. The minimum Gasteiger partial charge on any atom is -0.376 e. The summed E-state index contributed by atoms with van der Waals surface area (Å²) in [5.41, 5.74) is 0.395. The molecule has 0 aromatic heterocycles. The molecule has 0 spiro atoms. The van der Waals surface area contributed by atoms with Gasteiger partial charge < -0.3 is 10.2 Å². The standard InChI is InChI=1S/C16H18N4O3/c17-11-13(12-19-9-3-1-2-4-10-19)16(21)18-14-5-7-15(8-6-14)20(22)23/h5-8,12H,1-4,9-10H2,(H,18,21)/b13-12-. The topological polar surface area (TPSA) is 99.3 Å². The third kappa shape index (κ3) is 4.81. The number of nitro benzene ring substituents is 1. The zero-order valence-electron chi connectivity index (χ0n) is 12.7. The Bertz CT molecular complexity index is 638. The summed E-state index contributed by atoms with van der Waals surface area (Å²) in [5.74, 6) is -0.509. The van der Waals surface area contributed by atoms with Gasteiger partial charge in [0.15, 0.2) is 0 Å². The van der Waals surface area contributed by atoms with Gasteiger partial charge >= 0.3 is 0 Å². The number of amides is 1. The van der Waals surface area contributed by atoms with Gasteiger partial charge in [0.25, 0.3) is 11.6 Å². The predicted octanol–water partition coefficient (Wildman–Crippen LogP) is 2.82. The third-order valence-electron chi connectivity index (χ3n) is 3.65.